The van der Waals surface area contributed by atoms with E-state index in [1.54, 1.807) is 12.1 Å². The Morgan fingerprint density at radius 1 is 1.27 bits per heavy atom. The Bertz CT molecular complexity index is 514. The summed E-state index contributed by atoms with van der Waals surface area (Å²) in [7, 11) is 0. The lowest BCUT2D eigenvalue weighted by Gasteiger charge is -1.94. The number of thiocarbonyl (C=S) groups is 1. The van der Waals surface area contributed by atoms with E-state index in [-0.39, 0.29) is 5.22 Å². The molecule has 0 N–H and O–H groups in total. The molecule has 0 saturated heterocycles. The van der Waals surface area contributed by atoms with Crippen molar-refractivity contribution in [2.24, 2.45) is 4.99 Å². The number of benzene rings is 1. The van der Waals surface area contributed by atoms with E-state index in [1.165, 1.54) is 0 Å². The molecule has 0 fully saturated rings. The lowest BCUT2D eigenvalue weighted by Crippen LogP contribution is -1.76. The first-order chi connectivity index (χ1) is 7.29. The highest BCUT2D eigenvalue weighted by Crippen LogP contribution is 2.21. The number of aromatic nitrogens is 2. The average Bonchev–Trinajstić information content (AvgIpc) is 2.67. The molecule has 0 radical (unpaired) electrons. The predicted octanol–water partition coefficient (Wildman–Crippen LogP) is 2.76. The molecule has 1 heterocycles. The Balaban J connectivity index is 2.35. The largest absolute Gasteiger partial charge is 0.411 e. The zero-order valence-electron chi connectivity index (χ0n) is 7.41. The number of hydrogen-bond acceptors (Lipinski definition) is 6. The van der Waals surface area contributed by atoms with Crippen molar-refractivity contribution in [2.75, 3.05) is 0 Å². The van der Waals surface area contributed by atoms with Gasteiger partial charge in [0.15, 0.2) is 0 Å². The van der Waals surface area contributed by atoms with Crippen LogP contribution in [0.2, 0.25) is 0 Å². The molecule has 2 rings (SSSR count). The van der Waals surface area contributed by atoms with Crippen LogP contribution in [0.1, 0.15) is 0 Å². The molecule has 0 aliphatic carbocycles. The summed E-state index contributed by atoms with van der Waals surface area (Å²) in [5.74, 6) is 0.429. The summed E-state index contributed by atoms with van der Waals surface area (Å²) < 4.78 is 5.14. The Kier molecular flexibility index (Phi) is 2.91. The van der Waals surface area contributed by atoms with Gasteiger partial charge in [0.2, 0.25) is 5.89 Å². The molecule has 0 amide bonds. The number of nitrogens with zero attached hydrogens (tertiary/aromatic N) is 3. The zero-order valence-corrected chi connectivity index (χ0v) is 9.13. The van der Waals surface area contributed by atoms with E-state index >= 15 is 0 Å². The molecule has 1 aromatic heterocycles. The SMILES string of the molecule is S=C=Nc1ccc(-c2nnc(S)o2)cc1. The Hall–Kier alpha value is -1.49. The predicted molar refractivity (Wildman–Crippen MR) is 61.7 cm³/mol. The van der Waals surface area contributed by atoms with Gasteiger partial charge in [-0.25, -0.2) is 0 Å². The van der Waals surface area contributed by atoms with Gasteiger partial charge >= 0.3 is 0 Å². The molecule has 0 saturated carbocycles. The highest BCUT2D eigenvalue weighted by atomic mass is 32.1. The second-order valence-corrected chi connectivity index (χ2v) is 3.20. The van der Waals surface area contributed by atoms with Crippen molar-refractivity contribution in [3.05, 3.63) is 24.3 Å². The molecule has 0 bridgehead atoms. The lowest BCUT2D eigenvalue weighted by atomic mass is 10.2. The first-order valence-corrected chi connectivity index (χ1v) is 4.86. The zero-order chi connectivity index (χ0) is 10.7. The summed E-state index contributed by atoms with van der Waals surface area (Å²) in [4.78, 5) is 3.83. The topological polar surface area (TPSA) is 51.3 Å². The van der Waals surface area contributed by atoms with E-state index in [2.05, 4.69) is 45.2 Å². The van der Waals surface area contributed by atoms with Crippen molar-refractivity contribution in [2.45, 2.75) is 5.22 Å². The summed E-state index contributed by atoms with van der Waals surface area (Å²) in [5.41, 5.74) is 1.55. The number of aliphatic imine (C=N–C) groups is 1. The molecule has 6 heteroatoms. The van der Waals surface area contributed by atoms with Gasteiger partial charge in [-0.05, 0) is 36.5 Å². The molecule has 74 valence electrons. The summed E-state index contributed by atoms with van der Waals surface area (Å²) in [6, 6.07) is 7.20. The monoisotopic (exact) mass is 235 g/mol. The van der Waals surface area contributed by atoms with Crippen LogP contribution in [0.4, 0.5) is 5.69 Å². The smallest absolute Gasteiger partial charge is 0.273 e. The maximum Gasteiger partial charge on any atom is 0.273 e. The summed E-state index contributed by atoms with van der Waals surface area (Å²) in [5, 5.41) is 9.98. The maximum atomic E-state index is 5.14. The van der Waals surface area contributed by atoms with Crippen molar-refractivity contribution < 1.29 is 4.42 Å². The van der Waals surface area contributed by atoms with Crippen LogP contribution in [-0.4, -0.2) is 15.4 Å². The van der Waals surface area contributed by atoms with Gasteiger partial charge in [0.05, 0.1) is 10.8 Å². The van der Waals surface area contributed by atoms with Crippen LogP contribution in [0.25, 0.3) is 11.5 Å². The minimum absolute atomic E-state index is 0.242. The fraction of sp³-hybridized carbons (Fsp3) is 0. The Morgan fingerprint density at radius 3 is 2.53 bits per heavy atom. The quantitative estimate of drug-likeness (QED) is 0.494. The van der Waals surface area contributed by atoms with Gasteiger partial charge in [0.25, 0.3) is 5.22 Å². The normalized spacial score (nSPS) is 9.67. The molecule has 0 atom stereocenters. The number of hydrogen-bond donors (Lipinski definition) is 1. The van der Waals surface area contributed by atoms with E-state index in [1.807, 2.05) is 12.1 Å². The van der Waals surface area contributed by atoms with E-state index in [4.69, 9.17) is 4.42 Å². The van der Waals surface area contributed by atoms with E-state index in [9.17, 15) is 0 Å². The first-order valence-electron chi connectivity index (χ1n) is 4.00. The first kappa shape index (κ1) is 10.0. The number of rotatable bonds is 2. The van der Waals surface area contributed by atoms with Gasteiger partial charge in [-0.3, -0.25) is 0 Å². The summed E-state index contributed by atoms with van der Waals surface area (Å²) in [6.45, 7) is 0. The fourth-order valence-corrected chi connectivity index (χ4v) is 1.30. The Labute approximate surface area is 96.5 Å². The van der Waals surface area contributed by atoms with Crippen LogP contribution in [-0.2, 0) is 0 Å². The van der Waals surface area contributed by atoms with E-state index < -0.39 is 0 Å². The number of thiol groups is 1. The minimum atomic E-state index is 0.242. The maximum absolute atomic E-state index is 5.14. The van der Waals surface area contributed by atoms with Crippen LogP contribution in [0.3, 0.4) is 0 Å². The second-order valence-electron chi connectivity index (χ2n) is 2.64. The van der Waals surface area contributed by atoms with E-state index in [0.29, 0.717) is 5.89 Å². The minimum Gasteiger partial charge on any atom is -0.411 e. The number of isothiocyanates is 1. The molecular weight excluding hydrogens is 230 g/mol. The van der Waals surface area contributed by atoms with Crippen LogP contribution < -0.4 is 0 Å². The van der Waals surface area contributed by atoms with Gasteiger partial charge in [0, 0.05) is 5.56 Å². The van der Waals surface area contributed by atoms with Crippen molar-refractivity contribution in [3.63, 3.8) is 0 Å². The third kappa shape index (κ3) is 2.30. The molecule has 0 aliphatic heterocycles. The fourth-order valence-electron chi connectivity index (χ4n) is 1.06. The molecule has 1 aromatic carbocycles. The standard InChI is InChI=1S/C9H5N3OS2/c14-5-10-7-3-1-6(2-4-7)8-11-12-9(15)13-8/h1-4H,(H,12,15). The van der Waals surface area contributed by atoms with Gasteiger partial charge in [0.1, 0.15) is 0 Å². The molecule has 15 heavy (non-hydrogen) atoms. The van der Waals surface area contributed by atoms with Crippen molar-refractivity contribution in [1.82, 2.24) is 10.2 Å². The van der Waals surface area contributed by atoms with Crippen LogP contribution in [0, 0.1) is 0 Å². The van der Waals surface area contributed by atoms with Gasteiger partial charge in [-0.2, -0.15) is 4.99 Å². The second kappa shape index (κ2) is 4.35. The van der Waals surface area contributed by atoms with Gasteiger partial charge in [-0.1, -0.05) is 12.6 Å². The van der Waals surface area contributed by atoms with Gasteiger partial charge in [-0.15, -0.1) is 10.2 Å². The van der Waals surface area contributed by atoms with Crippen LogP contribution in [0.5, 0.6) is 0 Å². The van der Waals surface area contributed by atoms with Crippen molar-refractivity contribution >= 4 is 35.7 Å². The van der Waals surface area contributed by atoms with E-state index in [0.717, 1.165) is 11.3 Å². The molecule has 2 aromatic rings. The van der Waals surface area contributed by atoms with Gasteiger partial charge < -0.3 is 4.42 Å². The molecule has 0 spiro atoms. The molecule has 4 nitrogen and oxygen atoms in total. The highest BCUT2D eigenvalue weighted by molar-refractivity contribution is 7.80. The lowest BCUT2D eigenvalue weighted by molar-refractivity contribution is 0.468. The highest BCUT2D eigenvalue weighted by Gasteiger charge is 2.05. The van der Waals surface area contributed by atoms with Crippen LogP contribution >= 0.6 is 24.8 Å². The van der Waals surface area contributed by atoms with Crippen molar-refractivity contribution in [3.8, 4) is 11.5 Å². The third-order valence-corrected chi connectivity index (χ3v) is 1.98. The summed E-state index contributed by atoms with van der Waals surface area (Å²) in [6.07, 6.45) is 0. The Morgan fingerprint density at radius 2 is 2.00 bits per heavy atom. The van der Waals surface area contributed by atoms with Crippen molar-refractivity contribution in [1.29, 1.82) is 0 Å². The summed E-state index contributed by atoms with van der Waals surface area (Å²) >= 11 is 8.42. The third-order valence-electron chi connectivity index (χ3n) is 1.70. The molecule has 0 aliphatic rings. The molecule has 0 unspecified atom stereocenters. The average molecular weight is 235 g/mol. The molecular formula is C9H5N3OS2. The van der Waals surface area contributed by atoms with Crippen LogP contribution in [0.15, 0.2) is 38.9 Å².